The Balaban J connectivity index is 1.59. The van der Waals surface area contributed by atoms with E-state index in [0.29, 0.717) is 49.4 Å². The van der Waals surface area contributed by atoms with Crippen LogP contribution in [0.25, 0.3) is 16.7 Å². The molecule has 1 unspecified atom stereocenters. The molecule has 2 aliphatic heterocycles. The van der Waals surface area contributed by atoms with Crippen LogP contribution in [0.15, 0.2) is 59.7 Å². The second-order valence-corrected chi connectivity index (χ2v) is 8.84. The monoisotopic (exact) mass is 459 g/mol. The third-order valence-corrected chi connectivity index (χ3v) is 6.98. The zero-order valence-corrected chi connectivity index (χ0v) is 18.5. The van der Waals surface area contributed by atoms with Crippen LogP contribution in [0.4, 0.5) is 8.78 Å². The van der Waals surface area contributed by atoms with Gasteiger partial charge in [0.1, 0.15) is 11.4 Å². The highest BCUT2D eigenvalue weighted by Gasteiger charge is 2.44. The van der Waals surface area contributed by atoms with Crippen molar-refractivity contribution in [2.24, 2.45) is 10.7 Å². The highest BCUT2D eigenvalue weighted by molar-refractivity contribution is 5.76. The molecule has 3 heterocycles. The molecular weight excluding hydrogens is 436 g/mol. The molecule has 5 nitrogen and oxygen atoms in total. The third-order valence-electron chi connectivity index (χ3n) is 6.98. The summed E-state index contributed by atoms with van der Waals surface area (Å²) in [5.41, 5.74) is 11.4. The van der Waals surface area contributed by atoms with Gasteiger partial charge in [-0.1, -0.05) is 18.2 Å². The highest BCUT2D eigenvalue weighted by atomic mass is 19.1. The predicted molar refractivity (Wildman–Crippen MR) is 125 cm³/mol. The molecule has 7 heteroatoms. The molecular formula is C27H23F2N3O2. The summed E-state index contributed by atoms with van der Waals surface area (Å²) in [5, 5.41) is 0. The van der Waals surface area contributed by atoms with E-state index in [4.69, 9.17) is 20.2 Å². The Labute approximate surface area is 196 Å². The van der Waals surface area contributed by atoms with Crippen LogP contribution in [-0.2, 0) is 21.4 Å². The van der Waals surface area contributed by atoms with E-state index >= 15 is 4.39 Å². The normalized spacial score (nSPS) is 21.2. The molecule has 34 heavy (non-hydrogen) atoms. The molecule has 0 radical (unpaired) electrons. The summed E-state index contributed by atoms with van der Waals surface area (Å²) in [7, 11) is 0. The zero-order valence-electron chi connectivity index (χ0n) is 18.5. The van der Waals surface area contributed by atoms with Gasteiger partial charge in [0.2, 0.25) is 5.95 Å². The van der Waals surface area contributed by atoms with Crippen LogP contribution < -0.4 is 5.73 Å². The second-order valence-electron chi connectivity index (χ2n) is 8.84. The summed E-state index contributed by atoms with van der Waals surface area (Å²) in [4.78, 5) is 8.59. The van der Waals surface area contributed by atoms with Crippen molar-refractivity contribution in [1.29, 1.82) is 0 Å². The fraction of sp³-hybridized carbons (Fsp3) is 0.259. The summed E-state index contributed by atoms with van der Waals surface area (Å²) in [6.45, 7) is 1.47. The lowest BCUT2D eigenvalue weighted by Gasteiger charge is -2.40. The maximum Gasteiger partial charge on any atom is 0.283 e. The number of fused-ring (bicyclic) bond motifs is 4. The number of amidine groups is 1. The molecule has 0 bridgehead atoms. The quantitative estimate of drug-likeness (QED) is 0.564. The minimum absolute atomic E-state index is 0.0686. The van der Waals surface area contributed by atoms with Crippen LogP contribution in [0.1, 0.15) is 40.7 Å². The summed E-state index contributed by atoms with van der Waals surface area (Å²) in [6, 6.07) is 12.8. The van der Waals surface area contributed by atoms with E-state index in [1.54, 1.807) is 18.2 Å². The van der Waals surface area contributed by atoms with Crippen LogP contribution in [0.5, 0.6) is 0 Å². The van der Waals surface area contributed by atoms with Crippen molar-refractivity contribution in [2.75, 3.05) is 19.8 Å². The predicted octanol–water partition coefficient (Wildman–Crippen LogP) is 4.71. The van der Waals surface area contributed by atoms with Crippen LogP contribution in [0.2, 0.25) is 0 Å². The van der Waals surface area contributed by atoms with Gasteiger partial charge in [0.25, 0.3) is 6.02 Å². The summed E-state index contributed by atoms with van der Waals surface area (Å²) in [6.07, 6.45) is 5.07. The minimum atomic E-state index is -0.914. The summed E-state index contributed by atoms with van der Waals surface area (Å²) >= 11 is 0. The summed E-state index contributed by atoms with van der Waals surface area (Å²) in [5.74, 6) is -0.796. The molecule has 1 aliphatic carbocycles. The molecule has 1 aromatic heterocycles. The first-order valence-corrected chi connectivity index (χ1v) is 11.4. The fourth-order valence-electron chi connectivity index (χ4n) is 5.35. The number of hydrogen-bond donors (Lipinski definition) is 1. The minimum Gasteiger partial charge on any atom is -0.465 e. The number of rotatable bonds is 2. The van der Waals surface area contributed by atoms with E-state index in [1.165, 1.54) is 6.20 Å². The van der Waals surface area contributed by atoms with Crippen molar-refractivity contribution < 1.29 is 18.3 Å². The highest BCUT2D eigenvalue weighted by Crippen LogP contribution is 2.49. The molecule has 0 amide bonds. The van der Waals surface area contributed by atoms with E-state index in [0.717, 1.165) is 34.2 Å². The van der Waals surface area contributed by atoms with E-state index < -0.39 is 11.5 Å². The first-order chi connectivity index (χ1) is 16.5. The molecule has 3 aromatic rings. The second kappa shape index (κ2) is 8.02. The van der Waals surface area contributed by atoms with Gasteiger partial charge >= 0.3 is 0 Å². The lowest BCUT2D eigenvalue weighted by molar-refractivity contribution is 0.161. The maximum atomic E-state index is 15.6. The van der Waals surface area contributed by atoms with Gasteiger partial charge in [-0.05, 0) is 75.7 Å². The third kappa shape index (κ3) is 3.30. The van der Waals surface area contributed by atoms with Gasteiger partial charge in [-0.3, -0.25) is 0 Å². The van der Waals surface area contributed by atoms with Gasteiger partial charge in [-0.15, -0.1) is 0 Å². The van der Waals surface area contributed by atoms with Crippen molar-refractivity contribution in [2.45, 2.75) is 24.8 Å². The lowest BCUT2D eigenvalue weighted by Crippen LogP contribution is -2.40. The molecule has 2 aromatic carbocycles. The van der Waals surface area contributed by atoms with Crippen LogP contribution in [0.3, 0.4) is 0 Å². The molecule has 1 spiro atoms. The first-order valence-electron chi connectivity index (χ1n) is 11.4. The fourth-order valence-corrected chi connectivity index (χ4v) is 5.35. The van der Waals surface area contributed by atoms with Gasteiger partial charge in [-0.2, -0.15) is 4.39 Å². The average Bonchev–Trinajstić information content (AvgIpc) is 2.86. The number of pyridine rings is 1. The molecule has 6 rings (SSSR count). The number of halogens is 2. The topological polar surface area (TPSA) is 69.7 Å². The van der Waals surface area contributed by atoms with Gasteiger partial charge in [-0.25, -0.2) is 14.4 Å². The van der Waals surface area contributed by atoms with Gasteiger partial charge < -0.3 is 15.2 Å². The Morgan fingerprint density at radius 2 is 1.88 bits per heavy atom. The standard InChI is InChI=1S/C27H23F2N3O2/c28-24-15-19(16-5-9-33-10-6-16)14-23-21(24)12-18-4-3-17(20-2-1-8-31-25(20)29)13-22(18)27(23)7-11-34-26(30)32-27/h1-5,8,13-15H,6-7,9-12H2,(H2,30,32). The molecule has 2 N–H and O–H groups in total. The van der Waals surface area contributed by atoms with Crippen LogP contribution in [-0.4, -0.2) is 30.8 Å². The van der Waals surface area contributed by atoms with E-state index in [2.05, 4.69) is 4.98 Å². The Kier molecular flexibility index (Phi) is 4.95. The van der Waals surface area contributed by atoms with Crippen molar-refractivity contribution in [3.63, 3.8) is 0 Å². The number of benzene rings is 2. The Hall–Kier alpha value is -3.58. The number of aromatic nitrogens is 1. The Bertz CT molecular complexity index is 1370. The van der Waals surface area contributed by atoms with Crippen molar-refractivity contribution in [1.82, 2.24) is 4.98 Å². The zero-order chi connectivity index (χ0) is 23.3. The Morgan fingerprint density at radius 3 is 2.68 bits per heavy atom. The molecule has 172 valence electrons. The van der Waals surface area contributed by atoms with Gasteiger partial charge in [0.05, 0.1) is 19.8 Å². The number of nitrogens with zero attached hydrogens (tertiary/aromatic N) is 2. The smallest absolute Gasteiger partial charge is 0.283 e. The SMILES string of the molecule is NC1=NC2(CCO1)c1cc(-c3cccnc3F)ccc1Cc1c(F)cc(C3=CCOCC3)cc12. The maximum absolute atomic E-state index is 15.6. The van der Waals surface area contributed by atoms with Gasteiger partial charge in [0.15, 0.2) is 0 Å². The van der Waals surface area contributed by atoms with Crippen LogP contribution >= 0.6 is 0 Å². The number of nitrogens with two attached hydrogens (primary N) is 1. The van der Waals surface area contributed by atoms with Crippen molar-refractivity contribution in [3.8, 4) is 11.1 Å². The number of hydrogen-bond acceptors (Lipinski definition) is 5. The summed E-state index contributed by atoms with van der Waals surface area (Å²) < 4.78 is 41.0. The van der Waals surface area contributed by atoms with Crippen molar-refractivity contribution in [3.05, 3.63) is 94.3 Å². The molecule has 0 saturated carbocycles. The number of aliphatic imine (C=N–C) groups is 1. The van der Waals surface area contributed by atoms with Crippen LogP contribution in [0, 0.1) is 11.8 Å². The average molecular weight is 459 g/mol. The largest absolute Gasteiger partial charge is 0.465 e. The molecule has 1 atom stereocenters. The van der Waals surface area contributed by atoms with Crippen molar-refractivity contribution >= 4 is 11.6 Å². The number of ether oxygens (including phenoxy) is 2. The molecule has 0 fully saturated rings. The Morgan fingerprint density at radius 1 is 1.00 bits per heavy atom. The van der Waals surface area contributed by atoms with E-state index in [-0.39, 0.29) is 11.8 Å². The first kappa shape index (κ1) is 21.0. The lowest BCUT2D eigenvalue weighted by atomic mass is 9.69. The molecule has 0 saturated heterocycles. The van der Waals surface area contributed by atoms with E-state index in [9.17, 15) is 4.39 Å². The van der Waals surface area contributed by atoms with E-state index in [1.807, 2.05) is 30.3 Å². The molecule has 3 aliphatic rings. The van der Waals surface area contributed by atoms with Gasteiger partial charge in [0, 0.05) is 24.6 Å².